The third kappa shape index (κ3) is 2.98. The molecule has 0 spiro atoms. The number of benzene rings is 1. The van der Waals surface area contributed by atoms with E-state index in [2.05, 4.69) is 4.98 Å². The van der Waals surface area contributed by atoms with E-state index in [9.17, 15) is 0 Å². The summed E-state index contributed by atoms with van der Waals surface area (Å²) in [4.78, 5) is 6.39. The van der Waals surface area contributed by atoms with Crippen LogP contribution in [0.2, 0.25) is 0 Å². The van der Waals surface area contributed by atoms with Crippen LogP contribution in [0.4, 0.5) is 11.7 Å². The lowest BCUT2D eigenvalue weighted by molar-refractivity contribution is 0.130. The molecule has 0 unspecified atom stereocenters. The average Bonchev–Trinajstić information content (AvgIpc) is 3.12. The maximum absolute atomic E-state index is 5.72. The number of ether oxygens (including phenoxy) is 1. The molecule has 1 aliphatic rings. The number of aromatic nitrogens is 1. The molecule has 0 bridgehead atoms. The van der Waals surface area contributed by atoms with Crippen LogP contribution in [0, 0.1) is 5.92 Å². The fourth-order valence-electron chi connectivity index (χ4n) is 1.92. The van der Waals surface area contributed by atoms with Crippen molar-refractivity contribution in [1.29, 1.82) is 0 Å². The largest absolute Gasteiger partial charge is 0.423 e. The van der Waals surface area contributed by atoms with E-state index in [1.54, 1.807) is 6.07 Å². The highest BCUT2D eigenvalue weighted by Crippen LogP contribution is 2.28. The number of likely N-dealkylation sites (N-methyl/N-ethyl adjacent to an activating group) is 1. The number of oxazole rings is 1. The van der Waals surface area contributed by atoms with Crippen molar-refractivity contribution in [3.05, 3.63) is 18.2 Å². The van der Waals surface area contributed by atoms with Crippen LogP contribution in [0.1, 0.15) is 12.8 Å². The van der Waals surface area contributed by atoms with E-state index in [4.69, 9.17) is 14.9 Å². The Balaban J connectivity index is 1.58. The molecule has 0 amide bonds. The Morgan fingerprint density at radius 2 is 2.32 bits per heavy atom. The van der Waals surface area contributed by atoms with E-state index in [1.807, 2.05) is 24.1 Å². The summed E-state index contributed by atoms with van der Waals surface area (Å²) in [7, 11) is 1.95. The van der Waals surface area contributed by atoms with Gasteiger partial charge in [-0.25, -0.2) is 0 Å². The molecule has 1 aromatic heterocycles. The first-order valence-electron chi connectivity index (χ1n) is 6.67. The normalized spacial score (nSPS) is 15.0. The molecule has 3 rings (SSSR count). The second-order valence-corrected chi connectivity index (χ2v) is 5.16. The Morgan fingerprint density at radius 1 is 1.47 bits per heavy atom. The van der Waals surface area contributed by atoms with Crippen LogP contribution in [-0.2, 0) is 4.74 Å². The van der Waals surface area contributed by atoms with Crippen molar-refractivity contribution >= 4 is 22.8 Å². The second-order valence-electron chi connectivity index (χ2n) is 5.16. The van der Waals surface area contributed by atoms with E-state index in [-0.39, 0.29) is 0 Å². The van der Waals surface area contributed by atoms with Gasteiger partial charge in [-0.2, -0.15) is 4.98 Å². The SMILES string of the molecule is CN(CCOCC1CC1)c1nc2ccc(N)cc2o1. The minimum absolute atomic E-state index is 0.607. The number of hydrogen-bond donors (Lipinski definition) is 1. The van der Waals surface area contributed by atoms with Crippen LogP contribution in [0.3, 0.4) is 0 Å². The summed E-state index contributed by atoms with van der Waals surface area (Å²) in [5.41, 5.74) is 7.96. The van der Waals surface area contributed by atoms with Crippen molar-refractivity contribution in [3.63, 3.8) is 0 Å². The highest BCUT2D eigenvalue weighted by molar-refractivity contribution is 5.78. The third-order valence-electron chi connectivity index (χ3n) is 3.35. The van der Waals surface area contributed by atoms with Gasteiger partial charge in [0, 0.05) is 32.0 Å². The lowest BCUT2D eigenvalue weighted by atomic mass is 10.3. The summed E-state index contributed by atoms with van der Waals surface area (Å²) in [6.45, 7) is 2.36. The van der Waals surface area contributed by atoms with Crippen molar-refractivity contribution in [2.24, 2.45) is 5.92 Å². The quantitative estimate of drug-likeness (QED) is 0.638. The first-order chi connectivity index (χ1) is 9.22. The van der Waals surface area contributed by atoms with Crippen LogP contribution < -0.4 is 10.6 Å². The Bertz CT molecular complexity index is 563. The standard InChI is InChI=1S/C14H19N3O2/c1-17(6-7-18-9-10-2-3-10)14-16-12-5-4-11(15)8-13(12)19-14/h4-5,8,10H,2-3,6-7,9,15H2,1H3. The van der Waals surface area contributed by atoms with Gasteiger partial charge in [0.05, 0.1) is 6.61 Å². The Kier molecular flexibility index (Phi) is 3.29. The van der Waals surface area contributed by atoms with Crippen molar-refractivity contribution in [2.45, 2.75) is 12.8 Å². The smallest absolute Gasteiger partial charge is 0.298 e. The van der Waals surface area contributed by atoms with Crippen LogP contribution in [0.15, 0.2) is 22.6 Å². The van der Waals surface area contributed by atoms with Gasteiger partial charge in [0.1, 0.15) is 5.52 Å². The predicted octanol–water partition coefficient (Wildman–Crippen LogP) is 2.27. The van der Waals surface area contributed by atoms with Crippen molar-refractivity contribution in [3.8, 4) is 0 Å². The molecule has 0 radical (unpaired) electrons. The summed E-state index contributed by atoms with van der Waals surface area (Å²) in [5, 5.41) is 0. The van der Waals surface area contributed by atoms with Crippen LogP contribution >= 0.6 is 0 Å². The molecular weight excluding hydrogens is 242 g/mol. The molecule has 2 N–H and O–H groups in total. The zero-order chi connectivity index (χ0) is 13.2. The number of nitrogens with two attached hydrogens (primary N) is 1. The molecule has 102 valence electrons. The van der Waals surface area contributed by atoms with E-state index < -0.39 is 0 Å². The van der Waals surface area contributed by atoms with Gasteiger partial charge in [-0.15, -0.1) is 0 Å². The molecule has 1 fully saturated rings. The van der Waals surface area contributed by atoms with Crippen LogP contribution in [-0.4, -0.2) is 31.8 Å². The molecule has 0 atom stereocenters. The zero-order valence-corrected chi connectivity index (χ0v) is 11.1. The highest BCUT2D eigenvalue weighted by Gasteiger charge is 2.21. The maximum Gasteiger partial charge on any atom is 0.298 e. The summed E-state index contributed by atoms with van der Waals surface area (Å²) in [6.07, 6.45) is 2.64. The molecular formula is C14H19N3O2. The summed E-state index contributed by atoms with van der Waals surface area (Å²) in [6, 6.07) is 6.10. The summed E-state index contributed by atoms with van der Waals surface area (Å²) in [5.74, 6) is 0.803. The van der Waals surface area contributed by atoms with Gasteiger partial charge in [-0.1, -0.05) is 0 Å². The molecule has 1 aromatic carbocycles. The topological polar surface area (TPSA) is 64.5 Å². The lowest BCUT2D eigenvalue weighted by Gasteiger charge is -2.13. The van der Waals surface area contributed by atoms with Crippen molar-refractivity contribution in [1.82, 2.24) is 4.98 Å². The van der Waals surface area contributed by atoms with Gasteiger partial charge in [0.15, 0.2) is 5.58 Å². The number of fused-ring (bicyclic) bond motifs is 1. The van der Waals surface area contributed by atoms with Gasteiger partial charge in [0.25, 0.3) is 6.01 Å². The second kappa shape index (κ2) is 5.09. The van der Waals surface area contributed by atoms with Gasteiger partial charge in [0.2, 0.25) is 0 Å². The minimum atomic E-state index is 0.607. The number of anilines is 2. The zero-order valence-electron chi connectivity index (χ0n) is 11.1. The Morgan fingerprint density at radius 3 is 3.11 bits per heavy atom. The summed E-state index contributed by atoms with van der Waals surface area (Å²) >= 11 is 0. The number of hydrogen-bond acceptors (Lipinski definition) is 5. The average molecular weight is 261 g/mol. The fraction of sp³-hybridized carbons (Fsp3) is 0.500. The van der Waals surface area contributed by atoms with Gasteiger partial charge in [-0.05, 0) is 30.9 Å². The van der Waals surface area contributed by atoms with E-state index in [0.29, 0.717) is 18.3 Å². The molecule has 5 nitrogen and oxygen atoms in total. The number of rotatable bonds is 6. The Hall–Kier alpha value is -1.75. The van der Waals surface area contributed by atoms with Gasteiger partial charge < -0.3 is 19.8 Å². The van der Waals surface area contributed by atoms with Crippen LogP contribution in [0.5, 0.6) is 0 Å². The molecule has 1 heterocycles. The van der Waals surface area contributed by atoms with Gasteiger partial charge in [-0.3, -0.25) is 0 Å². The fourth-order valence-corrected chi connectivity index (χ4v) is 1.92. The minimum Gasteiger partial charge on any atom is -0.423 e. The molecule has 0 saturated heterocycles. The monoisotopic (exact) mass is 261 g/mol. The van der Waals surface area contributed by atoms with Crippen molar-refractivity contribution < 1.29 is 9.15 Å². The number of nitrogens with zero attached hydrogens (tertiary/aromatic N) is 2. The predicted molar refractivity (Wildman–Crippen MR) is 75.2 cm³/mol. The molecule has 1 aliphatic carbocycles. The Labute approximate surface area is 112 Å². The number of nitrogen functional groups attached to an aromatic ring is 1. The first-order valence-corrected chi connectivity index (χ1v) is 6.67. The van der Waals surface area contributed by atoms with Crippen molar-refractivity contribution in [2.75, 3.05) is 37.4 Å². The van der Waals surface area contributed by atoms with E-state index >= 15 is 0 Å². The molecule has 0 aliphatic heterocycles. The van der Waals surface area contributed by atoms with E-state index in [1.165, 1.54) is 12.8 Å². The van der Waals surface area contributed by atoms with Crippen LogP contribution in [0.25, 0.3) is 11.1 Å². The van der Waals surface area contributed by atoms with Gasteiger partial charge >= 0.3 is 0 Å². The highest BCUT2D eigenvalue weighted by atomic mass is 16.5. The molecule has 19 heavy (non-hydrogen) atoms. The lowest BCUT2D eigenvalue weighted by Crippen LogP contribution is -2.23. The molecule has 2 aromatic rings. The molecule has 5 heteroatoms. The third-order valence-corrected chi connectivity index (χ3v) is 3.35. The van der Waals surface area contributed by atoms with E-state index in [0.717, 1.165) is 30.2 Å². The summed E-state index contributed by atoms with van der Waals surface area (Å²) < 4.78 is 11.3. The maximum atomic E-state index is 5.72. The molecule has 1 saturated carbocycles. The first kappa shape index (κ1) is 12.3.